The quantitative estimate of drug-likeness (QED) is 0.239. The van der Waals surface area contributed by atoms with E-state index < -0.39 is 0 Å². The second kappa shape index (κ2) is 14.3. The molecule has 6 unspecified atom stereocenters. The average Bonchev–Trinajstić information content (AvgIpc) is 2.97. The molecule has 202 valence electrons. The molecule has 0 aromatic heterocycles. The van der Waals surface area contributed by atoms with Crippen molar-refractivity contribution in [3.63, 3.8) is 0 Å². The van der Waals surface area contributed by atoms with E-state index in [9.17, 15) is 0 Å². The molecule has 3 aromatic rings. The highest BCUT2D eigenvalue weighted by Crippen LogP contribution is 2.38. The summed E-state index contributed by atoms with van der Waals surface area (Å²) >= 11 is 0. The van der Waals surface area contributed by atoms with Crippen molar-refractivity contribution in [1.82, 2.24) is 0 Å². The van der Waals surface area contributed by atoms with Crippen LogP contribution >= 0.6 is 0 Å². The zero-order chi connectivity index (χ0) is 26.7. The van der Waals surface area contributed by atoms with Crippen molar-refractivity contribution < 1.29 is 23.7 Å². The molecule has 1 saturated carbocycles. The summed E-state index contributed by atoms with van der Waals surface area (Å²) in [5.41, 5.74) is 3.30. The molecule has 1 aliphatic carbocycles. The van der Waals surface area contributed by atoms with Crippen LogP contribution in [0.2, 0.25) is 0 Å². The predicted molar refractivity (Wildman–Crippen MR) is 150 cm³/mol. The van der Waals surface area contributed by atoms with Crippen molar-refractivity contribution in [1.29, 1.82) is 0 Å². The van der Waals surface area contributed by atoms with Crippen molar-refractivity contribution in [3.8, 4) is 5.75 Å². The van der Waals surface area contributed by atoms with Crippen molar-refractivity contribution in [2.24, 2.45) is 11.8 Å². The molecule has 4 rings (SSSR count). The minimum Gasteiger partial charge on any atom is -0.497 e. The summed E-state index contributed by atoms with van der Waals surface area (Å²) in [7, 11) is 1.67. The lowest BCUT2D eigenvalue weighted by molar-refractivity contribution is -0.240. The van der Waals surface area contributed by atoms with Crippen molar-refractivity contribution in [2.75, 3.05) is 13.7 Å². The van der Waals surface area contributed by atoms with Gasteiger partial charge >= 0.3 is 0 Å². The van der Waals surface area contributed by atoms with E-state index in [1.165, 1.54) is 0 Å². The van der Waals surface area contributed by atoms with Crippen molar-refractivity contribution >= 4 is 0 Å². The molecule has 0 radical (unpaired) electrons. The number of hydrogen-bond acceptors (Lipinski definition) is 5. The molecule has 6 atom stereocenters. The van der Waals surface area contributed by atoms with Gasteiger partial charge in [0.05, 0.1) is 45.7 Å². The first kappa shape index (κ1) is 28.1. The normalized spacial score (nSPS) is 25.1. The first-order chi connectivity index (χ1) is 18.6. The van der Waals surface area contributed by atoms with Crippen LogP contribution in [0.25, 0.3) is 0 Å². The fourth-order valence-electron chi connectivity index (χ4n) is 5.07. The Hall–Kier alpha value is -2.96. The molecule has 0 aliphatic heterocycles. The second-order valence-electron chi connectivity index (χ2n) is 9.95. The van der Waals surface area contributed by atoms with Gasteiger partial charge in [0.15, 0.2) is 0 Å². The monoisotopic (exact) mass is 516 g/mol. The van der Waals surface area contributed by atoms with Gasteiger partial charge in [-0.05, 0) is 40.7 Å². The first-order valence-electron chi connectivity index (χ1n) is 13.4. The molecular weight excluding hydrogens is 476 g/mol. The lowest BCUT2D eigenvalue weighted by atomic mass is 9.73. The van der Waals surface area contributed by atoms with Gasteiger partial charge < -0.3 is 23.7 Å². The van der Waals surface area contributed by atoms with Gasteiger partial charge in [0.1, 0.15) is 18.0 Å². The maximum absolute atomic E-state index is 6.68. The summed E-state index contributed by atoms with van der Waals surface area (Å²) in [4.78, 5) is 0. The molecule has 0 saturated heterocycles. The molecule has 0 N–H and O–H groups in total. The zero-order valence-electron chi connectivity index (χ0n) is 22.7. The minimum absolute atomic E-state index is 0.163. The van der Waals surface area contributed by atoms with Crippen LogP contribution in [0.1, 0.15) is 30.5 Å². The molecule has 0 spiro atoms. The van der Waals surface area contributed by atoms with Gasteiger partial charge in [-0.3, -0.25) is 0 Å². The Balaban J connectivity index is 1.60. The van der Waals surface area contributed by atoms with Gasteiger partial charge in [0.2, 0.25) is 0 Å². The zero-order valence-corrected chi connectivity index (χ0v) is 22.7. The number of hydrogen-bond donors (Lipinski definition) is 0. The van der Waals surface area contributed by atoms with Crippen LogP contribution in [-0.2, 0) is 38.8 Å². The molecule has 1 fully saturated rings. The molecule has 38 heavy (non-hydrogen) atoms. The number of methoxy groups -OCH3 is 1. The highest BCUT2D eigenvalue weighted by atomic mass is 16.6. The standard InChI is InChI=1S/C33H40O5/c1-5-20-35-30-24(2)25(3)31(36-21-26-12-8-6-9-13-26)33(32(30)37-22-27-14-10-7-11-15-27)38-23-28-16-18-29(34-4)19-17-28/h5-19,24-25,30-33H,1,20-23H2,2-4H3. The predicted octanol–water partition coefficient (Wildman–Crippen LogP) is 6.61. The summed E-state index contributed by atoms with van der Waals surface area (Å²) in [5.74, 6) is 1.20. The fraction of sp³-hybridized carbons (Fsp3) is 0.394. The summed E-state index contributed by atoms with van der Waals surface area (Å²) in [6, 6.07) is 28.4. The van der Waals surface area contributed by atoms with E-state index in [2.05, 4.69) is 44.7 Å². The number of ether oxygens (including phenoxy) is 5. The number of benzene rings is 3. The highest BCUT2D eigenvalue weighted by molar-refractivity contribution is 5.26. The molecule has 5 heteroatoms. The summed E-state index contributed by atoms with van der Waals surface area (Å²) in [5, 5.41) is 0. The summed E-state index contributed by atoms with van der Waals surface area (Å²) in [6.45, 7) is 10.2. The van der Waals surface area contributed by atoms with Crippen LogP contribution in [-0.4, -0.2) is 38.1 Å². The number of rotatable bonds is 13. The first-order valence-corrected chi connectivity index (χ1v) is 13.4. The van der Waals surface area contributed by atoms with Gasteiger partial charge in [-0.2, -0.15) is 0 Å². The van der Waals surface area contributed by atoms with Gasteiger partial charge in [0, 0.05) is 0 Å². The van der Waals surface area contributed by atoms with Crippen LogP contribution in [0.3, 0.4) is 0 Å². The lowest BCUT2D eigenvalue weighted by Gasteiger charge is -2.48. The van der Waals surface area contributed by atoms with Crippen molar-refractivity contribution in [3.05, 3.63) is 114 Å². The largest absolute Gasteiger partial charge is 0.497 e. The molecule has 0 heterocycles. The molecule has 5 nitrogen and oxygen atoms in total. The third kappa shape index (κ3) is 7.33. The summed E-state index contributed by atoms with van der Waals surface area (Å²) < 4.78 is 31.6. The Kier molecular flexibility index (Phi) is 10.5. The minimum atomic E-state index is -0.328. The molecule has 0 bridgehead atoms. The van der Waals surface area contributed by atoms with Crippen LogP contribution in [0, 0.1) is 11.8 Å². The smallest absolute Gasteiger partial charge is 0.118 e. The molecule has 3 aromatic carbocycles. The Bertz CT molecular complexity index is 1090. The maximum atomic E-state index is 6.68. The Labute approximate surface area is 227 Å². The highest BCUT2D eigenvalue weighted by Gasteiger charge is 2.50. The molecular formula is C33H40O5. The van der Waals surface area contributed by atoms with Crippen LogP contribution in [0.4, 0.5) is 0 Å². The Morgan fingerprint density at radius 3 is 1.45 bits per heavy atom. The van der Waals surface area contributed by atoms with E-state index in [4.69, 9.17) is 23.7 Å². The Morgan fingerprint density at radius 1 is 0.579 bits per heavy atom. The third-order valence-corrected chi connectivity index (χ3v) is 7.42. The second-order valence-corrected chi connectivity index (χ2v) is 9.95. The van der Waals surface area contributed by atoms with Crippen LogP contribution < -0.4 is 4.74 Å². The molecule has 0 amide bonds. The van der Waals surface area contributed by atoms with E-state index in [0.717, 1.165) is 22.4 Å². The SMILES string of the molecule is C=CCOC1C(C)C(C)C(OCc2ccccc2)C(OCc2ccc(OC)cc2)C1OCc1ccccc1. The van der Waals surface area contributed by atoms with Crippen LogP contribution in [0.15, 0.2) is 97.6 Å². The lowest BCUT2D eigenvalue weighted by Crippen LogP contribution is -2.60. The van der Waals surface area contributed by atoms with E-state index >= 15 is 0 Å². The van der Waals surface area contributed by atoms with Gasteiger partial charge in [-0.15, -0.1) is 6.58 Å². The van der Waals surface area contributed by atoms with E-state index in [0.29, 0.717) is 26.4 Å². The van der Waals surface area contributed by atoms with Crippen molar-refractivity contribution in [2.45, 2.75) is 58.1 Å². The fourth-order valence-corrected chi connectivity index (χ4v) is 5.07. The van der Waals surface area contributed by atoms with E-state index in [1.807, 2.05) is 60.7 Å². The van der Waals surface area contributed by atoms with Gasteiger partial charge in [-0.1, -0.05) is 92.7 Å². The van der Waals surface area contributed by atoms with Gasteiger partial charge in [0.25, 0.3) is 0 Å². The average molecular weight is 517 g/mol. The third-order valence-electron chi connectivity index (χ3n) is 7.42. The molecule has 1 aliphatic rings. The van der Waals surface area contributed by atoms with E-state index in [1.54, 1.807) is 13.2 Å². The van der Waals surface area contributed by atoms with E-state index in [-0.39, 0.29) is 36.3 Å². The summed E-state index contributed by atoms with van der Waals surface area (Å²) in [6.07, 6.45) is 0.805. The van der Waals surface area contributed by atoms with Gasteiger partial charge in [-0.25, -0.2) is 0 Å². The Morgan fingerprint density at radius 2 is 1.00 bits per heavy atom. The van der Waals surface area contributed by atoms with Crippen LogP contribution in [0.5, 0.6) is 5.75 Å². The topological polar surface area (TPSA) is 46.2 Å². The maximum Gasteiger partial charge on any atom is 0.118 e.